The van der Waals surface area contributed by atoms with E-state index in [1.165, 1.54) is 112 Å². The molecule has 4 bridgehead atoms. The zero-order valence-electron chi connectivity index (χ0n) is 23.0. The number of benzene rings is 4. The second-order valence-corrected chi connectivity index (χ2v) is 13.2. The minimum atomic E-state index is 0.507. The van der Waals surface area contributed by atoms with Gasteiger partial charge in [-0.1, -0.05) is 30.3 Å². The van der Waals surface area contributed by atoms with Crippen LogP contribution in [0.1, 0.15) is 108 Å². The van der Waals surface area contributed by atoms with Gasteiger partial charge in [0.15, 0.2) is 0 Å². The lowest BCUT2D eigenvalue weighted by Crippen LogP contribution is -2.23. The van der Waals surface area contributed by atoms with Crippen molar-refractivity contribution in [1.82, 2.24) is 4.40 Å². The fourth-order valence-electron chi connectivity index (χ4n) is 10.0. The van der Waals surface area contributed by atoms with Gasteiger partial charge in [0.1, 0.15) is 0 Å². The molecule has 3 nitrogen and oxygen atoms in total. The Kier molecular flexibility index (Phi) is 4.19. The first kappa shape index (κ1) is 22.4. The Hall–Kier alpha value is -4.34. The maximum Gasteiger partial charge on any atom is 0.0995 e. The molecule has 3 heteroatoms. The van der Waals surface area contributed by atoms with E-state index in [9.17, 15) is 10.5 Å². The fraction of sp³-hybridized carbons (Fsp3) is 0.316. The summed E-state index contributed by atoms with van der Waals surface area (Å²) in [6.45, 7) is 0. The second kappa shape index (κ2) is 7.69. The van der Waals surface area contributed by atoms with Gasteiger partial charge >= 0.3 is 0 Å². The maximum atomic E-state index is 10.4. The van der Waals surface area contributed by atoms with Gasteiger partial charge in [0.25, 0.3) is 0 Å². The molecule has 2 fully saturated rings. The molecule has 0 spiro atoms. The molecule has 0 N–H and O–H groups in total. The molecule has 0 amide bonds. The molecule has 0 radical (unpaired) electrons. The molecule has 0 aliphatic heterocycles. The van der Waals surface area contributed by atoms with Gasteiger partial charge in [0.05, 0.1) is 39.8 Å². The monoisotopic (exact) mass is 527 g/mol. The highest BCUT2D eigenvalue weighted by Crippen LogP contribution is 2.58. The van der Waals surface area contributed by atoms with E-state index in [4.69, 9.17) is 0 Å². The summed E-state index contributed by atoms with van der Waals surface area (Å²) in [5.74, 6) is 2.07. The molecule has 12 rings (SSSR count). The molecule has 0 unspecified atom stereocenters. The van der Waals surface area contributed by atoms with E-state index in [0.29, 0.717) is 23.7 Å². The molecular formula is C38H29N3. The third-order valence-corrected chi connectivity index (χ3v) is 11.6. The summed E-state index contributed by atoms with van der Waals surface area (Å²) in [6, 6.07) is 25.3. The summed E-state index contributed by atoms with van der Waals surface area (Å²) in [5.41, 5.74) is 13.5. The van der Waals surface area contributed by atoms with E-state index in [2.05, 4.69) is 71.1 Å². The van der Waals surface area contributed by atoms with Gasteiger partial charge in [-0.15, -0.1) is 0 Å². The topological polar surface area (TPSA) is 52.0 Å². The highest BCUT2D eigenvalue weighted by molar-refractivity contribution is 6.26. The summed E-state index contributed by atoms with van der Waals surface area (Å²) in [7, 11) is 0. The van der Waals surface area contributed by atoms with Crippen LogP contribution in [0.5, 0.6) is 0 Å². The molecule has 6 aliphatic rings. The number of nitriles is 2. The van der Waals surface area contributed by atoms with Gasteiger partial charge in [-0.2, -0.15) is 10.5 Å². The van der Waals surface area contributed by atoms with Crippen LogP contribution >= 0.6 is 0 Å². The van der Waals surface area contributed by atoms with Crippen molar-refractivity contribution in [3.05, 3.63) is 88.0 Å². The lowest BCUT2D eigenvalue weighted by molar-refractivity contribution is 0.360. The van der Waals surface area contributed by atoms with E-state index in [0.717, 1.165) is 22.2 Å². The van der Waals surface area contributed by atoms with E-state index < -0.39 is 0 Å². The Morgan fingerprint density at radius 3 is 1.41 bits per heavy atom. The standard InChI is InChI=1S/C38H29N3/c39-18-26-16-30-36(34-23-10-6-21(7-11-23)32(26)34)28-14-25(20-4-2-1-3-5-20)15-29-37-31(41(30)38(28)29)17-27(19-40)33-22-8-12-24(13-9-22)35(33)37/h1-5,14-17,21-24H,6-13H2. The Bertz CT molecular complexity index is 2050. The number of fused-ring (bicyclic) bond motifs is 10. The summed E-state index contributed by atoms with van der Waals surface area (Å²) >= 11 is 0. The predicted octanol–water partition coefficient (Wildman–Crippen LogP) is 9.76. The van der Waals surface area contributed by atoms with Crippen LogP contribution in [-0.2, 0) is 0 Å². The molecule has 2 saturated carbocycles. The molecule has 2 heterocycles. The van der Waals surface area contributed by atoms with Crippen molar-refractivity contribution in [2.45, 2.75) is 75.0 Å². The summed E-state index contributed by atoms with van der Waals surface area (Å²) < 4.78 is 2.46. The number of rotatable bonds is 1. The quantitative estimate of drug-likeness (QED) is 0.214. The highest BCUT2D eigenvalue weighted by atomic mass is 14.9. The van der Waals surface area contributed by atoms with Gasteiger partial charge in [-0.05, 0) is 133 Å². The average Bonchev–Trinajstić information content (AvgIpc) is 3.56. The van der Waals surface area contributed by atoms with Crippen molar-refractivity contribution in [3.8, 4) is 23.3 Å². The average molecular weight is 528 g/mol. The Labute approximate surface area is 239 Å². The zero-order chi connectivity index (χ0) is 27.0. The van der Waals surface area contributed by atoms with E-state index in [-0.39, 0.29) is 0 Å². The third-order valence-electron chi connectivity index (χ3n) is 11.6. The zero-order valence-corrected chi connectivity index (χ0v) is 23.0. The second-order valence-electron chi connectivity index (χ2n) is 13.2. The van der Waals surface area contributed by atoms with E-state index >= 15 is 0 Å². The van der Waals surface area contributed by atoms with Gasteiger partial charge in [0.2, 0.25) is 0 Å². The molecule has 2 aromatic heterocycles. The molecule has 6 aliphatic carbocycles. The van der Waals surface area contributed by atoms with Crippen LogP contribution in [0.4, 0.5) is 0 Å². The molecule has 0 saturated heterocycles. The van der Waals surface area contributed by atoms with Gasteiger partial charge in [0, 0.05) is 21.5 Å². The highest BCUT2D eigenvalue weighted by Gasteiger charge is 2.40. The van der Waals surface area contributed by atoms with Crippen LogP contribution in [0.15, 0.2) is 54.6 Å². The van der Waals surface area contributed by atoms with Gasteiger partial charge < -0.3 is 4.40 Å². The minimum Gasteiger partial charge on any atom is -0.308 e. The first-order chi connectivity index (χ1) is 20.2. The molecule has 4 aromatic carbocycles. The fourth-order valence-corrected chi connectivity index (χ4v) is 10.0. The molecular weight excluding hydrogens is 498 g/mol. The van der Waals surface area contributed by atoms with Crippen LogP contribution in [0, 0.1) is 22.7 Å². The Morgan fingerprint density at radius 2 is 0.976 bits per heavy atom. The largest absolute Gasteiger partial charge is 0.308 e. The smallest absolute Gasteiger partial charge is 0.0995 e. The molecule has 196 valence electrons. The number of hydrogen-bond acceptors (Lipinski definition) is 2. The van der Waals surface area contributed by atoms with Crippen molar-refractivity contribution in [2.75, 3.05) is 0 Å². The van der Waals surface area contributed by atoms with Crippen molar-refractivity contribution in [1.29, 1.82) is 10.5 Å². The first-order valence-corrected chi connectivity index (χ1v) is 15.5. The van der Waals surface area contributed by atoms with Crippen molar-refractivity contribution < 1.29 is 0 Å². The molecule has 6 aromatic rings. The normalized spacial score (nSPS) is 24.2. The predicted molar refractivity (Wildman–Crippen MR) is 164 cm³/mol. The van der Waals surface area contributed by atoms with Crippen LogP contribution in [0.3, 0.4) is 0 Å². The van der Waals surface area contributed by atoms with Gasteiger partial charge in [-0.3, -0.25) is 0 Å². The molecule has 41 heavy (non-hydrogen) atoms. The number of nitrogens with zero attached hydrogens (tertiary/aromatic N) is 3. The molecule has 0 atom stereocenters. The first-order valence-electron chi connectivity index (χ1n) is 15.5. The van der Waals surface area contributed by atoms with Crippen LogP contribution in [0.25, 0.3) is 49.2 Å². The Balaban J connectivity index is 1.47. The lowest BCUT2D eigenvalue weighted by Gasteiger charge is -2.39. The van der Waals surface area contributed by atoms with Crippen molar-refractivity contribution in [2.24, 2.45) is 0 Å². The van der Waals surface area contributed by atoms with Crippen LogP contribution < -0.4 is 0 Å². The third kappa shape index (κ3) is 2.64. The van der Waals surface area contributed by atoms with Crippen molar-refractivity contribution in [3.63, 3.8) is 0 Å². The van der Waals surface area contributed by atoms with Crippen molar-refractivity contribution >= 4 is 38.1 Å². The maximum absolute atomic E-state index is 10.4. The summed E-state index contributed by atoms with van der Waals surface area (Å²) in [6.07, 6.45) is 9.74. The van der Waals surface area contributed by atoms with Gasteiger partial charge in [-0.25, -0.2) is 0 Å². The van der Waals surface area contributed by atoms with Crippen LogP contribution in [-0.4, -0.2) is 4.40 Å². The number of hydrogen-bond donors (Lipinski definition) is 0. The summed E-state index contributed by atoms with van der Waals surface area (Å²) in [4.78, 5) is 0. The SMILES string of the molecule is N#Cc1cc2c(c3c1C1CCC3CC1)c1cc(-c3ccccc3)cc3c4c5c(c(C#N)cc4n2c13)C1CCC5CC1. The summed E-state index contributed by atoms with van der Waals surface area (Å²) in [5, 5.41) is 26.2. The minimum absolute atomic E-state index is 0.507. The van der Waals surface area contributed by atoms with Crippen LogP contribution in [0.2, 0.25) is 0 Å². The van der Waals surface area contributed by atoms with E-state index in [1.54, 1.807) is 0 Å². The number of aromatic nitrogens is 1. The lowest BCUT2D eigenvalue weighted by atomic mass is 9.64. The Morgan fingerprint density at radius 1 is 0.537 bits per heavy atom. The van der Waals surface area contributed by atoms with E-state index in [1.807, 2.05) is 0 Å².